The second kappa shape index (κ2) is 2.46. The molecule has 0 aromatic heterocycles. The second-order valence-electron chi connectivity index (χ2n) is 4.31. The fourth-order valence-electron chi connectivity index (χ4n) is 2.49. The summed E-state index contributed by atoms with van der Waals surface area (Å²) in [4.78, 5) is 2.42. The summed E-state index contributed by atoms with van der Waals surface area (Å²) < 4.78 is 5.61. The molecule has 0 bridgehead atoms. The molecule has 1 spiro atoms. The molecular formula is C9H17NO. The molecule has 11 heavy (non-hydrogen) atoms. The van der Waals surface area contributed by atoms with Gasteiger partial charge in [0, 0.05) is 12.0 Å². The molecule has 2 heterocycles. The molecule has 2 aliphatic heterocycles. The predicted octanol–water partition coefficient (Wildman–Crippen LogP) is 1.12. The zero-order chi connectivity index (χ0) is 7.90. The van der Waals surface area contributed by atoms with Gasteiger partial charge in [-0.3, -0.25) is 0 Å². The minimum atomic E-state index is 0.501. The normalized spacial score (nSPS) is 45.8. The SMILES string of the molecule is CC1CC2(CCN(C)C2)CO1. The van der Waals surface area contributed by atoms with Crippen molar-refractivity contribution in [3.05, 3.63) is 0 Å². The monoisotopic (exact) mass is 155 g/mol. The van der Waals surface area contributed by atoms with Crippen molar-refractivity contribution >= 4 is 0 Å². The first kappa shape index (κ1) is 7.56. The molecule has 0 aromatic rings. The van der Waals surface area contributed by atoms with E-state index in [1.165, 1.54) is 25.9 Å². The highest BCUT2D eigenvalue weighted by atomic mass is 16.5. The summed E-state index contributed by atoms with van der Waals surface area (Å²) in [5.41, 5.74) is 0.536. The molecule has 0 radical (unpaired) electrons. The van der Waals surface area contributed by atoms with Crippen LogP contribution in [0.3, 0.4) is 0 Å². The molecule has 0 saturated carbocycles. The van der Waals surface area contributed by atoms with Crippen molar-refractivity contribution in [2.24, 2.45) is 5.41 Å². The Labute approximate surface area is 68.5 Å². The van der Waals surface area contributed by atoms with E-state index in [2.05, 4.69) is 18.9 Å². The third-order valence-corrected chi connectivity index (χ3v) is 3.02. The fraction of sp³-hybridized carbons (Fsp3) is 1.00. The van der Waals surface area contributed by atoms with Crippen LogP contribution in [0.2, 0.25) is 0 Å². The van der Waals surface area contributed by atoms with E-state index in [1.807, 2.05) is 0 Å². The Hall–Kier alpha value is -0.0800. The highest BCUT2D eigenvalue weighted by molar-refractivity contribution is 4.93. The topological polar surface area (TPSA) is 12.5 Å². The standard InChI is InChI=1S/C9H17NO/c1-8-5-9(7-11-8)3-4-10(2)6-9/h8H,3-7H2,1-2H3. The van der Waals surface area contributed by atoms with Gasteiger partial charge in [0.15, 0.2) is 0 Å². The summed E-state index contributed by atoms with van der Waals surface area (Å²) in [6, 6.07) is 0. The van der Waals surface area contributed by atoms with Gasteiger partial charge < -0.3 is 9.64 Å². The van der Waals surface area contributed by atoms with E-state index in [-0.39, 0.29) is 0 Å². The van der Waals surface area contributed by atoms with Gasteiger partial charge in [-0.25, -0.2) is 0 Å². The molecule has 2 fully saturated rings. The van der Waals surface area contributed by atoms with E-state index < -0.39 is 0 Å². The average Bonchev–Trinajstić information content (AvgIpc) is 2.44. The van der Waals surface area contributed by atoms with Crippen LogP contribution in [0.15, 0.2) is 0 Å². The number of nitrogens with zero attached hydrogens (tertiary/aromatic N) is 1. The lowest BCUT2D eigenvalue weighted by Gasteiger charge is -2.19. The van der Waals surface area contributed by atoms with Crippen LogP contribution in [-0.2, 0) is 4.74 Å². The third-order valence-electron chi connectivity index (χ3n) is 3.02. The largest absolute Gasteiger partial charge is 0.378 e. The average molecular weight is 155 g/mol. The van der Waals surface area contributed by atoms with Crippen LogP contribution >= 0.6 is 0 Å². The van der Waals surface area contributed by atoms with Gasteiger partial charge in [0.05, 0.1) is 12.7 Å². The quantitative estimate of drug-likeness (QED) is 0.519. The van der Waals surface area contributed by atoms with Crippen LogP contribution in [0, 0.1) is 5.41 Å². The first-order valence-electron chi connectivity index (χ1n) is 4.50. The minimum absolute atomic E-state index is 0.501. The Morgan fingerprint density at radius 2 is 2.36 bits per heavy atom. The van der Waals surface area contributed by atoms with Crippen molar-refractivity contribution < 1.29 is 4.74 Å². The molecule has 2 heteroatoms. The molecule has 2 atom stereocenters. The highest BCUT2D eigenvalue weighted by Gasteiger charge is 2.42. The minimum Gasteiger partial charge on any atom is -0.378 e. The molecule has 2 aliphatic rings. The van der Waals surface area contributed by atoms with Gasteiger partial charge in [0.25, 0.3) is 0 Å². The van der Waals surface area contributed by atoms with Gasteiger partial charge >= 0.3 is 0 Å². The zero-order valence-corrected chi connectivity index (χ0v) is 7.47. The van der Waals surface area contributed by atoms with E-state index in [0.717, 1.165) is 6.61 Å². The number of hydrogen-bond donors (Lipinski definition) is 0. The van der Waals surface area contributed by atoms with E-state index in [4.69, 9.17) is 4.74 Å². The summed E-state index contributed by atoms with van der Waals surface area (Å²) in [7, 11) is 2.21. The molecule has 0 aromatic carbocycles. The molecule has 0 aliphatic carbocycles. The summed E-state index contributed by atoms with van der Waals surface area (Å²) in [6.07, 6.45) is 3.12. The lowest BCUT2D eigenvalue weighted by molar-refractivity contribution is 0.107. The van der Waals surface area contributed by atoms with Crippen LogP contribution < -0.4 is 0 Å². The van der Waals surface area contributed by atoms with Crippen molar-refractivity contribution in [1.29, 1.82) is 0 Å². The summed E-state index contributed by atoms with van der Waals surface area (Å²) in [6.45, 7) is 5.69. The number of ether oxygens (including phenoxy) is 1. The summed E-state index contributed by atoms with van der Waals surface area (Å²) >= 11 is 0. The Morgan fingerprint density at radius 1 is 1.55 bits per heavy atom. The summed E-state index contributed by atoms with van der Waals surface area (Å²) in [5, 5.41) is 0. The van der Waals surface area contributed by atoms with Crippen LogP contribution in [0.4, 0.5) is 0 Å². The Kier molecular flexibility index (Phi) is 1.69. The van der Waals surface area contributed by atoms with Crippen molar-refractivity contribution in [3.63, 3.8) is 0 Å². The second-order valence-corrected chi connectivity index (χ2v) is 4.31. The predicted molar refractivity (Wildman–Crippen MR) is 44.6 cm³/mol. The van der Waals surface area contributed by atoms with Crippen molar-refractivity contribution in [1.82, 2.24) is 4.90 Å². The van der Waals surface area contributed by atoms with E-state index in [0.29, 0.717) is 11.5 Å². The Balaban J connectivity index is 2.02. The van der Waals surface area contributed by atoms with Crippen LogP contribution in [0.1, 0.15) is 19.8 Å². The third kappa shape index (κ3) is 1.30. The number of hydrogen-bond acceptors (Lipinski definition) is 2. The van der Waals surface area contributed by atoms with Crippen molar-refractivity contribution in [3.8, 4) is 0 Å². The van der Waals surface area contributed by atoms with E-state index >= 15 is 0 Å². The highest BCUT2D eigenvalue weighted by Crippen LogP contribution is 2.40. The molecule has 2 nitrogen and oxygen atoms in total. The van der Waals surface area contributed by atoms with Crippen LogP contribution in [0.25, 0.3) is 0 Å². The van der Waals surface area contributed by atoms with Crippen LogP contribution in [-0.4, -0.2) is 37.7 Å². The molecule has 64 valence electrons. The fourth-order valence-corrected chi connectivity index (χ4v) is 2.49. The van der Waals surface area contributed by atoms with Gasteiger partial charge in [0.1, 0.15) is 0 Å². The maximum absolute atomic E-state index is 5.61. The first-order chi connectivity index (χ1) is 5.20. The molecule has 0 amide bonds. The Morgan fingerprint density at radius 3 is 2.82 bits per heavy atom. The first-order valence-corrected chi connectivity index (χ1v) is 4.50. The molecule has 0 N–H and O–H groups in total. The smallest absolute Gasteiger partial charge is 0.0553 e. The Bertz CT molecular complexity index is 140. The lowest BCUT2D eigenvalue weighted by Crippen LogP contribution is -2.25. The van der Waals surface area contributed by atoms with Crippen molar-refractivity contribution in [2.45, 2.75) is 25.9 Å². The zero-order valence-electron chi connectivity index (χ0n) is 7.47. The maximum Gasteiger partial charge on any atom is 0.0553 e. The lowest BCUT2D eigenvalue weighted by atomic mass is 9.85. The van der Waals surface area contributed by atoms with Crippen molar-refractivity contribution in [2.75, 3.05) is 26.7 Å². The van der Waals surface area contributed by atoms with Gasteiger partial charge in [-0.1, -0.05) is 0 Å². The maximum atomic E-state index is 5.61. The van der Waals surface area contributed by atoms with Gasteiger partial charge in [-0.05, 0) is 33.4 Å². The molecule has 2 saturated heterocycles. The summed E-state index contributed by atoms with van der Waals surface area (Å²) in [5.74, 6) is 0. The van der Waals surface area contributed by atoms with Gasteiger partial charge in [-0.15, -0.1) is 0 Å². The van der Waals surface area contributed by atoms with E-state index in [9.17, 15) is 0 Å². The number of rotatable bonds is 0. The van der Waals surface area contributed by atoms with Crippen LogP contribution in [0.5, 0.6) is 0 Å². The number of likely N-dealkylation sites (tertiary alicyclic amines) is 1. The van der Waals surface area contributed by atoms with Gasteiger partial charge in [-0.2, -0.15) is 0 Å². The molecule has 2 unspecified atom stereocenters. The van der Waals surface area contributed by atoms with E-state index in [1.54, 1.807) is 0 Å². The van der Waals surface area contributed by atoms with Gasteiger partial charge in [0.2, 0.25) is 0 Å². The molecule has 2 rings (SSSR count). The molecular weight excluding hydrogens is 138 g/mol.